The highest BCUT2D eigenvalue weighted by molar-refractivity contribution is 7.17. The number of rotatable bonds is 4. The maximum Gasteiger partial charge on any atom is 0.251 e. The standard InChI is InChI=1S/C17H24N4O3S/c1-11(22)21-8-6-20(7-9-21)10-14(23)19-17-15(16(18)24)12-4-2-3-5-13(12)25-17/h2-10H2,1H3,(H2,18,24)(H,19,23). The Bertz CT molecular complexity index is 692. The number of primary amides is 1. The normalized spacial score (nSPS) is 17.9. The number of hydrogen-bond donors (Lipinski definition) is 2. The number of piperazine rings is 1. The fraction of sp³-hybridized carbons (Fsp3) is 0.588. The second kappa shape index (κ2) is 7.53. The zero-order valence-corrected chi connectivity index (χ0v) is 15.3. The van der Waals surface area contributed by atoms with E-state index in [4.69, 9.17) is 5.73 Å². The Balaban J connectivity index is 1.63. The van der Waals surface area contributed by atoms with Crippen LogP contribution in [0.3, 0.4) is 0 Å². The van der Waals surface area contributed by atoms with Gasteiger partial charge in [0.2, 0.25) is 11.8 Å². The molecule has 0 aromatic carbocycles. The molecule has 25 heavy (non-hydrogen) atoms. The van der Waals surface area contributed by atoms with Gasteiger partial charge in [-0.3, -0.25) is 19.3 Å². The van der Waals surface area contributed by atoms with Crippen molar-refractivity contribution in [3.05, 3.63) is 16.0 Å². The molecule has 0 spiro atoms. The van der Waals surface area contributed by atoms with E-state index in [1.165, 1.54) is 16.2 Å². The van der Waals surface area contributed by atoms with Gasteiger partial charge in [-0.1, -0.05) is 0 Å². The first-order chi connectivity index (χ1) is 12.0. The molecular weight excluding hydrogens is 340 g/mol. The van der Waals surface area contributed by atoms with Crippen molar-refractivity contribution in [2.75, 3.05) is 38.0 Å². The van der Waals surface area contributed by atoms with Crippen LogP contribution >= 0.6 is 11.3 Å². The molecule has 136 valence electrons. The molecule has 1 aromatic heterocycles. The number of fused-ring (bicyclic) bond motifs is 1. The Morgan fingerprint density at radius 1 is 1.12 bits per heavy atom. The van der Waals surface area contributed by atoms with Gasteiger partial charge in [-0.25, -0.2) is 0 Å². The van der Waals surface area contributed by atoms with Gasteiger partial charge in [0.05, 0.1) is 12.1 Å². The minimum absolute atomic E-state index is 0.0689. The smallest absolute Gasteiger partial charge is 0.251 e. The molecular formula is C17H24N4O3S. The molecule has 0 unspecified atom stereocenters. The number of nitrogens with one attached hydrogen (secondary N) is 1. The largest absolute Gasteiger partial charge is 0.365 e. The van der Waals surface area contributed by atoms with Crippen molar-refractivity contribution in [2.24, 2.45) is 5.73 Å². The number of aryl methyl sites for hydroxylation is 1. The summed E-state index contributed by atoms with van der Waals surface area (Å²) in [6.07, 6.45) is 3.97. The lowest BCUT2D eigenvalue weighted by Crippen LogP contribution is -2.49. The number of amides is 3. The van der Waals surface area contributed by atoms with E-state index in [9.17, 15) is 14.4 Å². The predicted octanol–water partition coefficient (Wildman–Crippen LogP) is 0.828. The summed E-state index contributed by atoms with van der Waals surface area (Å²) in [6, 6.07) is 0. The van der Waals surface area contributed by atoms with Crippen molar-refractivity contribution in [1.29, 1.82) is 0 Å². The zero-order chi connectivity index (χ0) is 18.0. The Hall–Kier alpha value is -1.93. The zero-order valence-electron chi connectivity index (χ0n) is 14.5. The van der Waals surface area contributed by atoms with Crippen LogP contribution in [0.2, 0.25) is 0 Å². The molecule has 1 saturated heterocycles. The fourth-order valence-corrected chi connectivity index (χ4v) is 4.82. The third-order valence-corrected chi connectivity index (χ3v) is 6.06. The SMILES string of the molecule is CC(=O)N1CCN(CC(=O)Nc2sc3c(c2C(N)=O)CCCC3)CC1. The van der Waals surface area contributed by atoms with E-state index in [0.29, 0.717) is 36.7 Å². The van der Waals surface area contributed by atoms with E-state index < -0.39 is 5.91 Å². The van der Waals surface area contributed by atoms with Gasteiger partial charge in [0.1, 0.15) is 5.00 Å². The van der Waals surface area contributed by atoms with Gasteiger partial charge in [-0.05, 0) is 31.2 Å². The third-order valence-electron chi connectivity index (χ3n) is 4.86. The summed E-state index contributed by atoms with van der Waals surface area (Å²) < 4.78 is 0. The van der Waals surface area contributed by atoms with Gasteiger partial charge in [-0.2, -0.15) is 0 Å². The van der Waals surface area contributed by atoms with Crippen LogP contribution in [0.25, 0.3) is 0 Å². The monoisotopic (exact) mass is 364 g/mol. The summed E-state index contributed by atoms with van der Waals surface area (Å²) in [5.74, 6) is -0.540. The molecule has 1 fully saturated rings. The second-order valence-corrected chi connectivity index (χ2v) is 7.71. The topological polar surface area (TPSA) is 95.7 Å². The number of carbonyl (C=O) groups is 3. The van der Waals surface area contributed by atoms with Crippen LogP contribution in [-0.2, 0) is 22.4 Å². The first-order valence-electron chi connectivity index (χ1n) is 8.67. The molecule has 2 aliphatic rings. The van der Waals surface area contributed by atoms with Crippen molar-refractivity contribution in [3.63, 3.8) is 0 Å². The first kappa shape index (κ1) is 17.9. The van der Waals surface area contributed by atoms with Crippen molar-refractivity contribution >= 4 is 34.1 Å². The van der Waals surface area contributed by atoms with E-state index in [-0.39, 0.29) is 18.4 Å². The first-order valence-corrected chi connectivity index (χ1v) is 9.49. The molecule has 3 rings (SSSR count). The van der Waals surface area contributed by atoms with E-state index in [2.05, 4.69) is 5.32 Å². The summed E-state index contributed by atoms with van der Waals surface area (Å²) in [5.41, 5.74) is 7.07. The molecule has 1 aliphatic carbocycles. The second-order valence-electron chi connectivity index (χ2n) is 6.61. The highest BCUT2D eigenvalue weighted by Gasteiger charge is 2.26. The Morgan fingerprint density at radius 3 is 2.44 bits per heavy atom. The fourth-order valence-electron chi connectivity index (χ4n) is 3.50. The van der Waals surface area contributed by atoms with Crippen LogP contribution in [0.5, 0.6) is 0 Å². The number of nitrogens with two attached hydrogens (primary N) is 1. The number of nitrogens with zero attached hydrogens (tertiary/aromatic N) is 2. The maximum atomic E-state index is 12.4. The summed E-state index contributed by atoms with van der Waals surface area (Å²) in [6.45, 7) is 4.46. The van der Waals surface area contributed by atoms with Gasteiger partial charge >= 0.3 is 0 Å². The van der Waals surface area contributed by atoms with E-state index in [0.717, 1.165) is 31.2 Å². The van der Waals surface area contributed by atoms with Crippen molar-refractivity contribution in [1.82, 2.24) is 9.80 Å². The lowest BCUT2D eigenvalue weighted by molar-refractivity contribution is -0.130. The number of anilines is 1. The third kappa shape index (κ3) is 4.01. The van der Waals surface area contributed by atoms with Gasteiger partial charge < -0.3 is 16.0 Å². The van der Waals surface area contributed by atoms with Crippen LogP contribution in [0, 0.1) is 0 Å². The molecule has 0 radical (unpaired) electrons. The minimum atomic E-state index is -0.468. The summed E-state index contributed by atoms with van der Waals surface area (Å²) in [4.78, 5) is 40.6. The van der Waals surface area contributed by atoms with Gasteiger partial charge in [0, 0.05) is 38.0 Å². The van der Waals surface area contributed by atoms with Crippen LogP contribution < -0.4 is 11.1 Å². The molecule has 0 saturated carbocycles. The summed E-state index contributed by atoms with van der Waals surface area (Å²) >= 11 is 1.48. The average Bonchev–Trinajstić information content (AvgIpc) is 2.92. The average molecular weight is 364 g/mol. The molecule has 2 heterocycles. The van der Waals surface area contributed by atoms with Crippen LogP contribution in [0.4, 0.5) is 5.00 Å². The van der Waals surface area contributed by atoms with E-state index >= 15 is 0 Å². The van der Waals surface area contributed by atoms with Crippen LogP contribution in [-0.4, -0.2) is 60.2 Å². The van der Waals surface area contributed by atoms with Crippen LogP contribution in [0.15, 0.2) is 0 Å². The summed E-state index contributed by atoms with van der Waals surface area (Å²) in [7, 11) is 0. The Morgan fingerprint density at radius 2 is 1.80 bits per heavy atom. The molecule has 7 nitrogen and oxygen atoms in total. The van der Waals surface area contributed by atoms with Gasteiger partial charge in [0.25, 0.3) is 5.91 Å². The molecule has 3 amide bonds. The quantitative estimate of drug-likeness (QED) is 0.827. The van der Waals surface area contributed by atoms with E-state index in [1.54, 1.807) is 11.8 Å². The number of carbonyl (C=O) groups excluding carboxylic acids is 3. The molecule has 0 bridgehead atoms. The molecule has 0 atom stereocenters. The van der Waals surface area contributed by atoms with Gasteiger partial charge in [-0.15, -0.1) is 11.3 Å². The lowest BCUT2D eigenvalue weighted by atomic mass is 9.95. The highest BCUT2D eigenvalue weighted by Crippen LogP contribution is 2.37. The summed E-state index contributed by atoms with van der Waals surface area (Å²) in [5, 5.41) is 3.48. The minimum Gasteiger partial charge on any atom is -0.365 e. The van der Waals surface area contributed by atoms with Crippen LogP contribution in [0.1, 0.15) is 40.6 Å². The predicted molar refractivity (Wildman–Crippen MR) is 96.8 cm³/mol. The molecule has 8 heteroatoms. The Kier molecular flexibility index (Phi) is 5.39. The number of thiophene rings is 1. The Labute approximate surface area is 151 Å². The lowest BCUT2D eigenvalue weighted by Gasteiger charge is -2.33. The van der Waals surface area contributed by atoms with E-state index in [1.807, 2.05) is 4.90 Å². The maximum absolute atomic E-state index is 12.4. The molecule has 1 aliphatic heterocycles. The van der Waals surface area contributed by atoms with Gasteiger partial charge in [0.15, 0.2) is 0 Å². The molecule has 1 aromatic rings. The highest BCUT2D eigenvalue weighted by atomic mass is 32.1. The number of hydrogen-bond acceptors (Lipinski definition) is 5. The molecule has 3 N–H and O–H groups in total. The van der Waals surface area contributed by atoms with Crippen molar-refractivity contribution in [3.8, 4) is 0 Å². The van der Waals surface area contributed by atoms with Crippen molar-refractivity contribution in [2.45, 2.75) is 32.6 Å². The van der Waals surface area contributed by atoms with Crippen molar-refractivity contribution < 1.29 is 14.4 Å².